The molecule has 0 spiro atoms. The molecule has 1 amide bonds. The molecule has 1 heterocycles. The van der Waals surface area contributed by atoms with Crippen molar-refractivity contribution < 1.29 is 28.4 Å². The van der Waals surface area contributed by atoms with E-state index in [0.29, 0.717) is 4.88 Å². The monoisotopic (exact) mass is 394 g/mol. The van der Waals surface area contributed by atoms with Crippen molar-refractivity contribution in [3.05, 3.63) is 56.0 Å². The van der Waals surface area contributed by atoms with E-state index >= 15 is 0 Å². The lowest BCUT2D eigenvalue weighted by molar-refractivity contribution is -0.384. The summed E-state index contributed by atoms with van der Waals surface area (Å²) >= 11 is 1.32. The molecule has 0 saturated carbocycles. The van der Waals surface area contributed by atoms with Crippen molar-refractivity contribution in [1.82, 2.24) is 0 Å². The van der Waals surface area contributed by atoms with Gasteiger partial charge in [-0.05, 0) is 25.1 Å². The van der Waals surface area contributed by atoms with E-state index in [9.17, 15) is 28.9 Å². The minimum Gasteiger partial charge on any atom is -0.456 e. The summed E-state index contributed by atoms with van der Waals surface area (Å²) in [6.07, 6.45) is -0.256. The Balaban J connectivity index is 1.80. The molecule has 0 aliphatic rings. The van der Waals surface area contributed by atoms with E-state index in [1.807, 2.05) is 6.92 Å². The molecule has 1 N–H and O–H groups in total. The third kappa shape index (κ3) is 5.96. The van der Waals surface area contributed by atoms with Crippen molar-refractivity contribution >= 4 is 40.4 Å². The molecule has 0 radical (unpaired) electrons. The van der Waals surface area contributed by atoms with Crippen molar-refractivity contribution in [3.8, 4) is 0 Å². The number of amides is 1. The Morgan fingerprint density at radius 1 is 1.22 bits per heavy atom. The summed E-state index contributed by atoms with van der Waals surface area (Å²) in [6.45, 7) is 1.16. The zero-order chi connectivity index (χ0) is 20.0. The summed E-state index contributed by atoms with van der Waals surface area (Å²) < 4.78 is 18.3. The van der Waals surface area contributed by atoms with Gasteiger partial charge in [-0.1, -0.05) is 0 Å². The molecule has 1 aromatic carbocycles. The Hall–Kier alpha value is -3.14. The average Bonchev–Trinajstić information content (AvgIpc) is 3.06. The van der Waals surface area contributed by atoms with Crippen molar-refractivity contribution in [2.24, 2.45) is 0 Å². The molecule has 0 unspecified atom stereocenters. The van der Waals surface area contributed by atoms with Gasteiger partial charge in [0.25, 0.3) is 11.6 Å². The first-order chi connectivity index (χ1) is 12.8. The predicted octanol–water partition coefficient (Wildman–Crippen LogP) is 3.25. The SMILES string of the molecule is Cc1ccc(C(=O)CCC(=O)OCC(=O)Nc2cc([N+](=O)[O-])ccc2F)s1. The zero-order valence-corrected chi connectivity index (χ0v) is 15.0. The maximum Gasteiger partial charge on any atom is 0.306 e. The highest BCUT2D eigenvalue weighted by Gasteiger charge is 2.16. The molecule has 1 aromatic heterocycles. The number of hydrogen-bond donors (Lipinski definition) is 1. The fraction of sp³-hybridized carbons (Fsp3) is 0.235. The Bertz CT molecular complexity index is 895. The molecule has 0 bridgehead atoms. The summed E-state index contributed by atoms with van der Waals surface area (Å²) in [5, 5.41) is 12.8. The number of hydrogen-bond acceptors (Lipinski definition) is 7. The molecule has 142 valence electrons. The number of non-ortho nitro benzene ring substituents is 1. The molecule has 10 heteroatoms. The van der Waals surface area contributed by atoms with E-state index in [4.69, 9.17) is 4.74 Å². The molecule has 0 atom stereocenters. The fourth-order valence-electron chi connectivity index (χ4n) is 2.05. The van der Waals surface area contributed by atoms with Crippen LogP contribution < -0.4 is 5.32 Å². The quantitative estimate of drug-likeness (QED) is 0.318. The van der Waals surface area contributed by atoms with Gasteiger partial charge in [0.15, 0.2) is 12.4 Å². The second kappa shape index (κ2) is 8.99. The molecule has 2 aromatic rings. The van der Waals surface area contributed by atoms with Gasteiger partial charge in [-0.2, -0.15) is 0 Å². The minimum absolute atomic E-state index is 0.0556. The molecule has 0 aliphatic heterocycles. The summed E-state index contributed by atoms with van der Waals surface area (Å²) in [5.74, 6) is -2.68. The first kappa shape index (κ1) is 20.2. The molecule has 2 rings (SSSR count). The maximum atomic E-state index is 13.6. The highest BCUT2D eigenvalue weighted by Crippen LogP contribution is 2.21. The van der Waals surface area contributed by atoms with Crippen LogP contribution in [0, 0.1) is 22.9 Å². The van der Waals surface area contributed by atoms with Crippen LogP contribution in [0.3, 0.4) is 0 Å². The number of ether oxygens (including phenoxy) is 1. The number of thiophene rings is 1. The van der Waals surface area contributed by atoms with Gasteiger partial charge in [0.2, 0.25) is 0 Å². The third-order valence-corrected chi connectivity index (χ3v) is 4.41. The van der Waals surface area contributed by atoms with Crippen molar-refractivity contribution in [2.45, 2.75) is 19.8 Å². The first-order valence-corrected chi connectivity index (χ1v) is 8.57. The van der Waals surface area contributed by atoms with Gasteiger partial charge in [0, 0.05) is 23.4 Å². The van der Waals surface area contributed by atoms with Gasteiger partial charge in [-0.3, -0.25) is 24.5 Å². The number of nitrogens with zero attached hydrogens (tertiary/aromatic N) is 1. The van der Waals surface area contributed by atoms with Crippen LogP contribution in [0.4, 0.5) is 15.8 Å². The number of aryl methyl sites for hydroxylation is 1. The van der Waals surface area contributed by atoms with Crippen LogP contribution in [0.15, 0.2) is 30.3 Å². The topological polar surface area (TPSA) is 116 Å². The molecule has 0 saturated heterocycles. The molecular weight excluding hydrogens is 379 g/mol. The van der Waals surface area contributed by atoms with Crippen LogP contribution in [0.25, 0.3) is 0 Å². The Labute approximate surface area is 157 Å². The lowest BCUT2D eigenvalue weighted by atomic mass is 10.2. The van der Waals surface area contributed by atoms with Crippen LogP contribution >= 0.6 is 11.3 Å². The van der Waals surface area contributed by atoms with Gasteiger partial charge in [0.1, 0.15) is 5.82 Å². The van der Waals surface area contributed by atoms with E-state index < -0.39 is 40.6 Å². The molecule has 0 aliphatic carbocycles. The smallest absolute Gasteiger partial charge is 0.306 e. The Morgan fingerprint density at radius 3 is 2.59 bits per heavy atom. The first-order valence-electron chi connectivity index (χ1n) is 7.75. The summed E-state index contributed by atoms with van der Waals surface area (Å²) in [6, 6.07) is 6.13. The van der Waals surface area contributed by atoms with Crippen LogP contribution in [0.1, 0.15) is 27.4 Å². The van der Waals surface area contributed by atoms with Crippen LogP contribution in [0.2, 0.25) is 0 Å². The van der Waals surface area contributed by atoms with Crippen LogP contribution in [-0.4, -0.2) is 29.2 Å². The lowest BCUT2D eigenvalue weighted by Crippen LogP contribution is -2.21. The molecule has 8 nitrogen and oxygen atoms in total. The molecule has 0 fully saturated rings. The van der Waals surface area contributed by atoms with E-state index in [0.717, 1.165) is 23.1 Å². The molecular formula is C17H15FN2O6S. The predicted molar refractivity (Wildman–Crippen MR) is 95.3 cm³/mol. The number of nitro benzene ring substituents is 1. The number of carbonyl (C=O) groups is 3. The van der Waals surface area contributed by atoms with E-state index in [1.54, 1.807) is 12.1 Å². The number of carbonyl (C=O) groups excluding carboxylic acids is 3. The Morgan fingerprint density at radius 2 is 1.96 bits per heavy atom. The van der Waals surface area contributed by atoms with E-state index in [1.165, 1.54) is 11.3 Å². The maximum absolute atomic E-state index is 13.6. The van der Waals surface area contributed by atoms with Crippen LogP contribution in [-0.2, 0) is 14.3 Å². The number of Topliss-reactive ketones (excluding diaryl/α,β-unsaturated/α-hetero) is 1. The third-order valence-electron chi connectivity index (χ3n) is 3.37. The normalized spacial score (nSPS) is 10.3. The summed E-state index contributed by atoms with van der Waals surface area (Å²) in [7, 11) is 0. The zero-order valence-electron chi connectivity index (χ0n) is 14.2. The van der Waals surface area contributed by atoms with E-state index in [2.05, 4.69) is 5.32 Å². The number of nitro groups is 1. The lowest BCUT2D eigenvalue weighted by Gasteiger charge is -2.07. The number of rotatable bonds is 8. The number of nitrogens with one attached hydrogen (secondary N) is 1. The van der Waals surface area contributed by atoms with Gasteiger partial charge >= 0.3 is 5.97 Å². The largest absolute Gasteiger partial charge is 0.456 e. The van der Waals surface area contributed by atoms with Gasteiger partial charge < -0.3 is 10.1 Å². The standard InChI is InChI=1S/C17H15FN2O6S/c1-10-2-6-15(27-10)14(21)5-7-17(23)26-9-16(22)19-13-8-11(20(24)25)3-4-12(13)18/h2-4,6,8H,5,7,9H2,1H3,(H,19,22). The number of benzene rings is 1. The fourth-order valence-corrected chi connectivity index (χ4v) is 2.89. The second-order valence-electron chi connectivity index (χ2n) is 5.46. The van der Waals surface area contributed by atoms with Gasteiger partial charge in [-0.25, -0.2) is 4.39 Å². The summed E-state index contributed by atoms with van der Waals surface area (Å²) in [5.41, 5.74) is -0.792. The average molecular weight is 394 g/mol. The Kier molecular flexibility index (Phi) is 6.72. The molecule has 27 heavy (non-hydrogen) atoms. The van der Waals surface area contributed by atoms with Gasteiger partial charge in [-0.15, -0.1) is 11.3 Å². The minimum atomic E-state index is -0.864. The highest BCUT2D eigenvalue weighted by molar-refractivity contribution is 7.14. The van der Waals surface area contributed by atoms with Crippen molar-refractivity contribution in [2.75, 3.05) is 11.9 Å². The second-order valence-corrected chi connectivity index (χ2v) is 6.75. The highest BCUT2D eigenvalue weighted by atomic mass is 32.1. The summed E-state index contributed by atoms with van der Waals surface area (Å²) in [4.78, 5) is 46.7. The number of anilines is 1. The number of halogens is 1. The van der Waals surface area contributed by atoms with E-state index in [-0.39, 0.29) is 18.6 Å². The van der Waals surface area contributed by atoms with Crippen molar-refractivity contribution in [3.63, 3.8) is 0 Å². The number of esters is 1. The van der Waals surface area contributed by atoms with Crippen LogP contribution in [0.5, 0.6) is 0 Å². The van der Waals surface area contributed by atoms with Gasteiger partial charge in [0.05, 0.1) is 21.9 Å². The van der Waals surface area contributed by atoms with Crippen molar-refractivity contribution in [1.29, 1.82) is 0 Å². The number of ketones is 1.